The third kappa shape index (κ3) is 2.57. The lowest BCUT2D eigenvalue weighted by molar-refractivity contribution is 0.790. The van der Waals surface area contributed by atoms with Gasteiger partial charge in [-0.1, -0.05) is 41.5 Å². The molecule has 0 atom stereocenters. The van der Waals surface area contributed by atoms with Gasteiger partial charge < -0.3 is 4.57 Å². The van der Waals surface area contributed by atoms with Crippen LogP contribution in [0.15, 0.2) is 47.3 Å². The first-order valence-corrected chi connectivity index (χ1v) is 7.62. The lowest BCUT2D eigenvalue weighted by atomic mass is 10.0. The Kier molecular flexibility index (Phi) is 3.61. The molecule has 0 fully saturated rings. The molecule has 0 saturated carbocycles. The summed E-state index contributed by atoms with van der Waals surface area (Å²) in [5, 5.41) is 1.17. The molecule has 1 aromatic heterocycles. The second-order valence-electron chi connectivity index (χ2n) is 6.22. The van der Waals surface area contributed by atoms with E-state index >= 15 is 0 Å². The van der Waals surface area contributed by atoms with Gasteiger partial charge in [0.05, 0.1) is 12.1 Å². The second-order valence-corrected chi connectivity index (χ2v) is 6.22. The van der Waals surface area contributed by atoms with Gasteiger partial charge in [0.25, 0.3) is 5.56 Å². The Morgan fingerprint density at radius 2 is 1.50 bits per heavy atom. The van der Waals surface area contributed by atoms with Crippen LogP contribution in [0.2, 0.25) is 0 Å². The predicted octanol–water partition coefficient (Wildman–Crippen LogP) is 4.28. The van der Waals surface area contributed by atoms with Crippen LogP contribution in [0.4, 0.5) is 0 Å². The summed E-state index contributed by atoms with van der Waals surface area (Å²) in [5.41, 5.74) is 6.94. The Morgan fingerprint density at radius 3 is 2.18 bits per heavy atom. The largest absolute Gasteiger partial charge is 0.304 e. The maximum atomic E-state index is 12.5. The standard InChI is InChI=1S/C20H21NO/c1-13-5-7-17(8-6-13)12-21-19(22)11-15(3)18-10-14(2)9-16(4)20(18)21/h5-11H,12H2,1-4H3. The maximum Gasteiger partial charge on any atom is 0.251 e. The summed E-state index contributed by atoms with van der Waals surface area (Å²) in [5.74, 6) is 0. The molecule has 3 rings (SSSR count). The lowest BCUT2D eigenvalue weighted by Crippen LogP contribution is -2.21. The fourth-order valence-electron chi connectivity index (χ4n) is 3.10. The molecule has 112 valence electrons. The van der Waals surface area contributed by atoms with E-state index in [1.54, 1.807) is 6.07 Å². The quantitative estimate of drug-likeness (QED) is 0.690. The van der Waals surface area contributed by atoms with Crippen molar-refractivity contribution in [2.75, 3.05) is 0 Å². The number of hydrogen-bond donors (Lipinski definition) is 0. The summed E-state index contributed by atoms with van der Waals surface area (Å²) in [7, 11) is 0. The molecule has 0 saturated heterocycles. The topological polar surface area (TPSA) is 22.0 Å². The Morgan fingerprint density at radius 1 is 0.818 bits per heavy atom. The van der Waals surface area contributed by atoms with Crippen molar-refractivity contribution in [1.29, 1.82) is 0 Å². The van der Waals surface area contributed by atoms with E-state index in [1.807, 2.05) is 11.5 Å². The van der Waals surface area contributed by atoms with E-state index < -0.39 is 0 Å². The highest BCUT2D eigenvalue weighted by molar-refractivity contribution is 5.86. The van der Waals surface area contributed by atoms with Crippen molar-refractivity contribution < 1.29 is 0 Å². The summed E-state index contributed by atoms with van der Waals surface area (Å²) in [4.78, 5) is 12.5. The molecule has 2 heteroatoms. The van der Waals surface area contributed by atoms with Gasteiger partial charge in [-0.15, -0.1) is 0 Å². The first kappa shape index (κ1) is 14.6. The number of aromatic nitrogens is 1. The Hall–Kier alpha value is -2.35. The van der Waals surface area contributed by atoms with Crippen molar-refractivity contribution in [3.8, 4) is 0 Å². The Labute approximate surface area is 131 Å². The summed E-state index contributed by atoms with van der Waals surface area (Å²) in [6.45, 7) is 8.88. The number of benzene rings is 2. The number of fused-ring (bicyclic) bond motifs is 1. The zero-order valence-corrected chi connectivity index (χ0v) is 13.6. The molecule has 22 heavy (non-hydrogen) atoms. The molecule has 0 radical (unpaired) electrons. The third-order valence-electron chi connectivity index (χ3n) is 4.21. The van der Waals surface area contributed by atoms with Gasteiger partial charge >= 0.3 is 0 Å². The van der Waals surface area contributed by atoms with Gasteiger partial charge in [0.2, 0.25) is 0 Å². The molecular weight excluding hydrogens is 270 g/mol. The van der Waals surface area contributed by atoms with Crippen LogP contribution in [0.25, 0.3) is 10.9 Å². The highest BCUT2D eigenvalue weighted by Crippen LogP contribution is 2.23. The van der Waals surface area contributed by atoms with E-state index in [-0.39, 0.29) is 5.56 Å². The lowest BCUT2D eigenvalue weighted by Gasteiger charge is -2.15. The van der Waals surface area contributed by atoms with Crippen LogP contribution in [0.1, 0.15) is 27.8 Å². The van der Waals surface area contributed by atoms with Crippen LogP contribution in [-0.4, -0.2) is 4.57 Å². The molecule has 0 unspecified atom stereocenters. The molecule has 0 spiro atoms. The Balaban J connectivity index is 2.24. The molecule has 0 aliphatic heterocycles. The fraction of sp³-hybridized carbons (Fsp3) is 0.250. The highest BCUT2D eigenvalue weighted by atomic mass is 16.1. The zero-order valence-electron chi connectivity index (χ0n) is 13.6. The molecule has 0 N–H and O–H groups in total. The minimum Gasteiger partial charge on any atom is -0.304 e. The molecule has 2 nitrogen and oxygen atoms in total. The first-order valence-electron chi connectivity index (χ1n) is 7.62. The van der Waals surface area contributed by atoms with Crippen LogP contribution < -0.4 is 5.56 Å². The average Bonchev–Trinajstić information content (AvgIpc) is 2.45. The van der Waals surface area contributed by atoms with Gasteiger partial charge in [-0.3, -0.25) is 4.79 Å². The number of rotatable bonds is 2. The summed E-state index contributed by atoms with van der Waals surface area (Å²) < 4.78 is 1.89. The van der Waals surface area contributed by atoms with Crippen molar-refractivity contribution in [3.63, 3.8) is 0 Å². The van der Waals surface area contributed by atoms with Gasteiger partial charge in [0.15, 0.2) is 0 Å². The van der Waals surface area contributed by atoms with E-state index in [0.29, 0.717) is 6.54 Å². The summed E-state index contributed by atoms with van der Waals surface area (Å²) >= 11 is 0. The highest BCUT2D eigenvalue weighted by Gasteiger charge is 2.10. The fourth-order valence-corrected chi connectivity index (χ4v) is 3.10. The van der Waals surface area contributed by atoms with Gasteiger partial charge in [0, 0.05) is 11.5 Å². The van der Waals surface area contributed by atoms with E-state index in [0.717, 1.165) is 22.2 Å². The summed E-state index contributed by atoms with van der Waals surface area (Å²) in [6.07, 6.45) is 0. The Bertz CT molecular complexity index is 902. The molecule has 0 amide bonds. The van der Waals surface area contributed by atoms with Gasteiger partial charge in [0.1, 0.15) is 0 Å². The van der Waals surface area contributed by atoms with Crippen LogP contribution in [0.3, 0.4) is 0 Å². The molecular formula is C20H21NO. The monoisotopic (exact) mass is 291 g/mol. The van der Waals surface area contributed by atoms with Gasteiger partial charge in [-0.2, -0.15) is 0 Å². The smallest absolute Gasteiger partial charge is 0.251 e. The molecule has 0 bridgehead atoms. The van der Waals surface area contributed by atoms with Crippen LogP contribution in [0.5, 0.6) is 0 Å². The minimum atomic E-state index is 0.0672. The van der Waals surface area contributed by atoms with Crippen LogP contribution >= 0.6 is 0 Å². The van der Waals surface area contributed by atoms with E-state index in [9.17, 15) is 4.79 Å². The van der Waals surface area contributed by atoms with Crippen molar-refractivity contribution in [3.05, 3.63) is 80.6 Å². The number of nitrogens with zero attached hydrogens (tertiary/aromatic N) is 1. The van der Waals surface area contributed by atoms with Crippen LogP contribution in [-0.2, 0) is 6.54 Å². The molecule has 2 aromatic carbocycles. The van der Waals surface area contributed by atoms with Gasteiger partial charge in [-0.05, 0) is 50.5 Å². The molecule has 0 aliphatic carbocycles. The second kappa shape index (κ2) is 5.45. The number of pyridine rings is 1. The normalized spacial score (nSPS) is 11.1. The SMILES string of the molecule is Cc1ccc(Cn2c(=O)cc(C)c3cc(C)cc(C)c32)cc1. The van der Waals surface area contributed by atoms with Crippen molar-refractivity contribution in [2.24, 2.45) is 0 Å². The van der Waals surface area contributed by atoms with E-state index in [1.165, 1.54) is 16.5 Å². The molecule has 0 aliphatic rings. The summed E-state index contributed by atoms with van der Waals surface area (Å²) in [6, 6.07) is 14.4. The van der Waals surface area contributed by atoms with Crippen molar-refractivity contribution in [1.82, 2.24) is 4.57 Å². The van der Waals surface area contributed by atoms with Crippen molar-refractivity contribution in [2.45, 2.75) is 34.2 Å². The minimum absolute atomic E-state index is 0.0672. The average molecular weight is 291 g/mol. The number of aryl methyl sites for hydroxylation is 4. The maximum absolute atomic E-state index is 12.5. The zero-order chi connectivity index (χ0) is 15.9. The predicted molar refractivity (Wildman–Crippen MR) is 92.7 cm³/mol. The van der Waals surface area contributed by atoms with Crippen molar-refractivity contribution >= 4 is 10.9 Å². The van der Waals surface area contributed by atoms with Gasteiger partial charge in [-0.25, -0.2) is 0 Å². The van der Waals surface area contributed by atoms with E-state index in [2.05, 4.69) is 57.2 Å². The first-order chi connectivity index (χ1) is 10.5. The third-order valence-corrected chi connectivity index (χ3v) is 4.21. The molecule has 3 aromatic rings. The number of hydrogen-bond acceptors (Lipinski definition) is 1. The van der Waals surface area contributed by atoms with E-state index in [4.69, 9.17) is 0 Å². The van der Waals surface area contributed by atoms with Crippen LogP contribution in [0, 0.1) is 27.7 Å². The molecule has 1 heterocycles.